The van der Waals surface area contributed by atoms with Gasteiger partial charge in [-0.1, -0.05) is 98.3 Å². The van der Waals surface area contributed by atoms with Crippen LogP contribution in [0.4, 0.5) is 0 Å². The number of halogens is 1. The molecule has 0 aliphatic heterocycles. The van der Waals surface area contributed by atoms with E-state index in [0.717, 1.165) is 39.6 Å². The lowest BCUT2D eigenvalue weighted by molar-refractivity contribution is 0.0988. The minimum atomic E-state index is 0.0378. The van der Waals surface area contributed by atoms with Crippen molar-refractivity contribution in [3.05, 3.63) is 81.3 Å². The van der Waals surface area contributed by atoms with Crippen molar-refractivity contribution in [1.29, 1.82) is 0 Å². The molecule has 2 heteroatoms. The number of hydrogen-bond donors (Lipinski definition) is 0. The summed E-state index contributed by atoms with van der Waals surface area (Å²) in [6.45, 7) is 8.59. The third kappa shape index (κ3) is 4.35. The summed E-state index contributed by atoms with van der Waals surface area (Å²) in [6, 6.07) is 20.1. The van der Waals surface area contributed by atoms with Crippen LogP contribution in [-0.4, -0.2) is 5.78 Å². The van der Waals surface area contributed by atoms with Gasteiger partial charge in [-0.2, -0.15) is 0 Å². The molecule has 3 aromatic rings. The maximum atomic E-state index is 12.8. The van der Waals surface area contributed by atoms with Crippen LogP contribution in [0.25, 0.3) is 22.3 Å². The lowest BCUT2D eigenvalue weighted by Crippen LogP contribution is -2.25. The summed E-state index contributed by atoms with van der Waals surface area (Å²) < 4.78 is 1.15. The van der Waals surface area contributed by atoms with Crippen LogP contribution in [0.5, 0.6) is 0 Å². The highest BCUT2D eigenvalue weighted by atomic mass is 79.9. The first-order chi connectivity index (χ1) is 15.9. The van der Waals surface area contributed by atoms with Crippen molar-refractivity contribution in [3.63, 3.8) is 0 Å². The van der Waals surface area contributed by atoms with E-state index in [4.69, 9.17) is 0 Å². The summed E-state index contributed by atoms with van der Waals surface area (Å²) in [5, 5.41) is 0. The molecule has 0 heterocycles. The molecule has 33 heavy (non-hydrogen) atoms. The molecule has 0 unspecified atom stereocenters. The highest BCUT2D eigenvalue weighted by molar-refractivity contribution is 9.10. The van der Waals surface area contributed by atoms with Crippen LogP contribution in [0.2, 0.25) is 0 Å². The van der Waals surface area contributed by atoms with Crippen molar-refractivity contribution in [2.45, 2.75) is 78.1 Å². The van der Waals surface area contributed by atoms with Crippen molar-refractivity contribution >= 4 is 21.7 Å². The average molecular weight is 504 g/mol. The minimum absolute atomic E-state index is 0.0378. The summed E-state index contributed by atoms with van der Waals surface area (Å²) in [5.74, 6) is 0.213. The summed E-state index contributed by atoms with van der Waals surface area (Å²) in [5.41, 5.74) is 9.91. The van der Waals surface area contributed by atoms with Crippen LogP contribution in [0.15, 0.2) is 59.1 Å². The van der Waals surface area contributed by atoms with Crippen LogP contribution in [0.3, 0.4) is 0 Å². The van der Waals surface area contributed by atoms with Crippen LogP contribution in [-0.2, 0) is 5.41 Å². The first-order valence-electron chi connectivity index (χ1n) is 12.5. The van der Waals surface area contributed by atoms with Crippen LogP contribution >= 0.6 is 15.9 Å². The second-order valence-corrected chi connectivity index (χ2v) is 10.5. The summed E-state index contributed by atoms with van der Waals surface area (Å²) >= 11 is 3.75. The highest BCUT2D eigenvalue weighted by Gasteiger charge is 2.42. The molecule has 3 aromatic carbocycles. The predicted molar refractivity (Wildman–Crippen MR) is 144 cm³/mol. The van der Waals surface area contributed by atoms with Crippen LogP contribution < -0.4 is 0 Å². The number of rotatable bonds is 9. The number of carbonyl (C=O) groups is 1. The second-order valence-electron chi connectivity index (χ2n) is 9.57. The average Bonchev–Trinajstić information content (AvgIpc) is 3.09. The number of benzene rings is 3. The maximum absolute atomic E-state index is 12.8. The van der Waals surface area contributed by atoms with Gasteiger partial charge in [-0.15, -0.1) is 0 Å². The zero-order valence-corrected chi connectivity index (χ0v) is 22.0. The molecule has 172 valence electrons. The van der Waals surface area contributed by atoms with Gasteiger partial charge in [0.05, 0.1) is 0 Å². The van der Waals surface area contributed by atoms with Gasteiger partial charge >= 0.3 is 0 Å². The Hall–Kier alpha value is -2.19. The highest BCUT2D eigenvalue weighted by Crippen LogP contribution is 2.55. The number of Topliss-reactive ketones (excluding diaryl/α,β-unsaturated/α-hetero) is 1. The fourth-order valence-electron chi connectivity index (χ4n) is 5.59. The molecular weight excluding hydrogens is 468 g/mol. The van der Waals surface area contributed by atoms with E-state index < -0.39 is 0 Å². The summed E-state index contributed by atoms with van der Waals surface area (Å²) in [4.78, 5) is 12.8. The molecule has 0 saturated heterocycles. The first kappa shape index (κ1) is 24.0. The molecule has 0 aromatic heterocycles. The van der Waals surface area contributed by atoms with E-state index in [1.54, 1.807) is 0 Å². The van der Waals surface area contributed by atoms with E-state index in [2.05, 4.69) is 91.3 Å². The topological polar surface area (TPSA) is 17.1 Å². The molecule has 0 bridgehead atoms. The SMILES string of the molecule is CCCCC1(CCCC)c2cc(Br)ccc2-c2ccc(-c3ccc(C)cc3C(=O)CC)cc21. The van der Waals surface area contributed by atoms with E-state index in [1.165, 1.54) is 47.9 Å². The monoisotopic (exact) mass is 502 g/mol. The molecule has 1 aliphatic carbocycles. The van der Waals surface area contributed by atoms with Crippen LogP contribution in [0.1, 0.15) is 92.8 Å². The normalized spacial score (nSPS) is 13.6. The molecule has 0 N–H and O–H groups in total. The Balaban J connectivity index is 1.95. The third-order valence-corrected chi connectivity index (χ3v) is 7.84. The molecule has 0 spiro atoms. The second kappa shape index (κ2) is 9.97. The molecule has 0 amide bonds. The molecular formula is C31H35BrO. The zero-order valence-electron chi connectivity index (χ0n) is 20.4. The first-order valence-corrected chi connectivity index (χ1v) is 13.3. The standard InChI is InChI=1S/C31H35BrO/c1-5-8-16-31(17-9-6-2)28-19-22(24-13-10-21(4)18-27(24)30(33)7-3)11-14-25(28)26-15-12-23(32)20-29(26)31/h10-15,18-20H,5-9,16-17H2,1-4H3. The van der Waals surface area contributed by atoms with Gasteiger partial charge in [0.1, 0.15) is 0 Å². The van der Waals surface area contributed by atoms with E-state index >= 15 is 0 Å². The minimum Gasteiger partial charge on any atom is -0.294 e. The Labute approximate surface area is 207 Å². The molecule has 0 atom stereocenters. The molecule has 0 saturated carbocycles. The van der Waals surface area contributed by atoms with E-state index in [1.807, 2.05) is 6.92 Å². The van der Waals surface area contributed by atoms with Crippen LogP contribution in [0, 0.1) is 6.92 Å². The lowest BCUT2D eigenvalue weighted by Gasteiger charge is -2.33. The quantitative estimate of drug-likeness (QED) is 0.266. The summed E-state index contributed by atoms with van der Waals surface area (Å²) in [7, 11) is 0. The summed E-state index contributed by atoms with van der Waals surface area (Å²) in [6.07, 6.45) is 7.67. The molecule has 4 rings (SSSR count). The maximum Gasteiger partial charge on any atom is 0.163 e. The number of ketones is 1. The molecule has 0 fully saturated rings. The van der Waals surface area contributed by atoms with Gasteiger partial charge in [-0.25, -0.2) is 0 Å². The van der Waals surface area contributed by atoms with E-state index in [-0.39, 0.29) is 11.2 Å². The Morgan fingerprint density at radius 3 is 2.03 bits per heavy atom. The fourth-order valence-corrected chi connectivity index (χ4v) is 5.95. The van der Waals surface area contributed by atoms with Gasteiger partial charge in [0, 0.05) is 21.9 Å². The zero-order chi connectivity index (χ0) is 23.6. The Morgan fingerprint density at radius 2 is 1.39 bits per heavy atom. The van der Waals surface area contributed by atoms with Gasteiger partial charge in [-0.05, 0) is 77.4 Å². The van der Waals surface area contributed by atoms with E-state index in [9.17, 15) is 4.79 Å². The van der Waals surface area contributed by atoms with Crippen molar-refractivity contribution in [2.24, 2.45) is 0 Å². The Bertz CT molecular complexity index is 1170. The van der Waals surface area contributed by atoms with Crippen molar-refractivity contribution in [3.8, 4) is 22.3 Å². The van der Waals surface area contributed by atoms with Crippen molar-refractivity contribution < 1.29 is 4.79 Å². The number of carbonyl (C=O) groups excluding carboxylic acids is 1. The lowest BCUT2D eigenvalue weighted by atomic mass is 9.70. The molecule has 0 radical (unpaired) electrons. The van der Waals surface area contributed by atoms with Gasteiger partial charge in [0.15, 0.2) is 5.78 Å². The Kier molecular flexibility index (Phi) is 7.24. The smallest absolute Gasteiger partial charge is 0.163 e. The van der Waals surface area contributed by atoms with E-state index in [0.29, 0.717) is 6.42 Å². The van der Waals surface area contributed by atoms with Crippen molar-refractivity contribution in [2.75, 3.05) is 0 Å². The number of fused-ring (bicyclic) bond motifs is 3. The molecule has 1 aliphatic rings. The van der Waals surface area contributed by atoms with Gasteiger partial charge < -0.3 is 0 Å². The fraction of sp³-hybridized carbons (Fsp3) is 0.387. The Morgan fingerprint density at radius 1 is 0.788 bits per heavy atom. The van der Waals surface area contributed by atoms with Gasteiger partial charge in [0.25, 0.3) is 0 Å². The van der Waals surface area contributed by atoms with Gasteiger partial charge in [0.2, 0.25) is 0 Å². The van der Waals surface area contributed by atoms with Gasteiger partial charge in [-0.3, -0.25) is 4.79 Å². The van der Waals surface area contributed by atoms with Crippen molar-refractivity contribution in [1.82, 2.24) is 0 Å². The predicted octanol–water partition coefficient (Wildman–Crippen LogP) is 9.66. The number of aryl methyl sites for hydroxylation is 1. The largest absolute Gasteiger partial charge is 0.294 e. The number of hydrogen-bond acceptors (Lipinski definition) is 1. The third-order valence-electron chi connectivity index (χ3n) is 7.34. The number of unbranched alkanes of at least 4 members (excludes halogenated alkanes) is 2. The molecule has 1 nitrogen and oxygen atoms in total.